The topological polar surface area (TPSA) is 103 Å². The molecule has 0 aliphatic rings. The number of aromatic nitrogens is 2. The van der Waals surface area contributed by atoms with Gasteiger partial charge in [0.2, 0.25) is 0 Å². The molecule has 2 aromatic heterocycles. The van der Waals surface area contributed by atoms with Gasteiger partial charge in [0.05, 0.1) is 0 Å². The second-order valence-electron chi connectivity index (χ2n) is 5.05. The summed E-state index contributed by atoms with van der Waals surface area (Å²) in [6, 6.07) is 8.30. The molecule has 22 heavy (non-hydrogen) atoms. The van der Waals surface area contributed by atoms with E-state index in [0.717, 1.165) is 5.56 Å². The summed E-state index contributed by atoms with van der Waals surface area (Å²) in [5.74, 6) is -1.02. The Bertz CT molecular complexity index is 960. The number of nitrogens with one attached hydrogen (secondary N) is 1. The molecule has 110 valence electrons. The number of amides is 1. The lowest BCUT2D eigenvalue weighted by Crippen LogP contribution is -2.39. The second kappa shape index (κ2) is 5.00. The zero-order valence-corrected chi connectivity index (χ0v) is 11.8. The first-order chi connectivity index (χ1) is 10.5. The van der Waals surface area contributed by atoms with Crippen LogP contribution in [-0.4, -0.2) is 10.9 Å². The number of benzene rings is 1. The van der Waals surface area contributed by atoms with Crippen molar-refractivity contribution in [3.05, 3.63) is 64.2 Å². The summed E-state index contributed by atoms with van der Waals surface area (Å²) in [5, 5.41) is 13.0. The first kappa shape index (κ1) is 13.8. The van der Waals surface area contributed by atoms with Gasteiger partial charge in [-0.1, -0.05) is 17.7 Å². The number of hydrogen-bond donors (Lipinski definition) is 2. The van der Waals surface area contributed by atoms with Gasteiger partial charge in [-0.2, -0.15) is 4.57 Å². The van der Waals surface area contributed by atoms with Gasteiger partial charge in [0.15, 0.2) is 12.4 Å². The summed E-state index contributed by atoms with van der Waals surface area (Å²) in [6.45, 7) is 1.87. The van der Waals surface area contributed by atoms with E-state index in [9.17, 15) is 14.7 Å². The second-order valence-corrected chi connectivity index (χ2v) is 5.05. The average Bonchev–Trinajstić information content (AvgIpc) is 2.48. The van der Waals surface area contributed by atoms with E-state index in [1.165, 1.54) is 23.0 Å². The number of fused-ring (bicyclic) bond motifs is 1. The van der Waals surface area contributed by atoms with E-state index >= 15 is 0 Å². The van der Waals surface area contributed by atoms with Crippen molar-refractivity contribution in [1.29, 1.82) is 0 Å². The van der Waals surface area contributed by atoms with Gasteiger partial charge >= 0.3 is 5.56 Å². The normalized spacial score (nSPS) is 10.8. The molecule has 3 N–H and O–H groups in total. The molecule has 1 amide bonds. The summed E-state index contributed by atoms with van der Waals surface area (Å²) < 4.78 is 1.32. The average molecular weight is 295 g/mol. The van der Waals surface area contributed by atoms with E-state index < -0.39 is 17.2 Å². The van der Waals surface area contributed by atoms with Crippen LogP contribution in [0.3, 0.4) is 0 Å². The molecule has 0 aliphatic heterocycles. The number of aryl methyl sites for hydroxylation is 1. The van der Waals surface area contributed by atoms with Crippen LogP contribution >= 0.6 is 0 Å². The maximum absolute atomic E-state index is 12.6. The fourth-order valence-electron chi connectivity index (χ4n) is 2.36. The molecular weight excluding hydrogens is 282 g/mol. The molecule has 0 saturated heterocycles. The molecule has 0 atom stereocenters. The summed E-state index contributed by atoms with van der Waals surface area (Å²) in [5.41, 5.74) is 6.25. The minimum Gasteiger partial charge on any atom is -0.867 e. The lowest BCUT2D eigenvalue weighted by atomic mass is 10.1. The standard InChI is InChI=1S/C16H13N3O3/c1-9-4-5-12-11(7-9)14(20)13(16(22)18-12)19-6-2-3-10(8-19)15(17)21/h2-8H,1H3,(H3-,17,18,20,21,22). The van der Waals surface area contributed by atoms with Gasteiger partial charge in [0.1, 0.15) is 5.56 Å². The van der Waals surface area contributed by atoms with Crippen molar-refractivity contribution in [3.63, 3.8) is 0 Å². The Morgan fingerprint density at radius 2 is 2.09 bits per heavy atom. The molecule has 0 unspecified atom stereocenters. The van der Waals surface area contributed by atoms with Gasteiger partial charge in [-0.15, -0.1) is 0 Å². The van der Waals surface area contributed by atoms with E-state index in [2.05, 4.69) is 4.98 Å². The van der Waals surface area contributed by atoms with Crippen molar-refractivity contribution in [2.24, 2.45) is 5.73 Å². The third-order valence-corrected chi connectivity index (χ3v) is 3.44. The molecule has 2 heterocycles. The van der Waals surface area contributed by atoms with E-state index in [0.29, 0.717) is 10.9 Å². The third kappa shape index (κ3) is 2.20. The summed E-state index contributed by atoms with van der Waals surface area (Å²) >= 11 is 0. The highest BCUT2D eigenvalue weighted by atomic mass is 16.3. The quantitative estimate of drug-likeness (QED) is 0.664. The summed E-state index contributed by atoms with van der Waals surface area (Å²) in [6.07, 6.45) is 2.90. The van der Waals surface area contributed by atoms with Crippen LogP contribution in [0.1, 0.15) is 15.9 Å². The lowest BCUT2D eigenvalue weighted by Gasteiger charge is -2.12. The van der Waals surface area contributed by atoms with E-state index in [-0.39, 0.29) is 11.3 Å². The number of H-pyrrole nitrogens is 1. The number of pyridine rings is 2. The molecular formula is C16H13N3O3. The van der Waals surface area contributed by atoms with Gasteiger partial charge in [0, 0.05) is 11.6 Å². The summed E-state index contributed by atoms with van der Waals surface area (Å²) in [4.78, 5) is 26.2. The predicted molar refractivity (Wildman–Crippen MR) is 78.8 cm³/mol. The molecule has 1 aromatic carbocycles. The van der Waals surface area contributed by atoms with Crippen LogP contribution in [0.15, 0.2) is 47.5 Å². The molecule has 3 aromatic rings. The number of nitrogens with two attached hydrogens (primary N) is 1. The first-order valence-electron chi connectivity index (χ1n) is 6.62. The minimum atomic E-state index is -0.630. The lowest BCUT2D eigenvalue weighted by molar-refractivity contribution is -0.601. The number of nitrogens with zero attached hydrogens (tertiary/aromatic N) is 1. The Hall–Kier alpha value is -3.15. The molecule has 3 rings (SSSR count). The molecule has 0 aliphatic carbocycles. The largest absolute Gasteiger partial charge is 0.867 e. The smallest absolute Gasteiger partial charge is 0.320 e. The molecule has 0 fully saturated rings. The molecule has 6 nitrogen and oxygen atoms in total. The van der Waals surface area contributed by atoms with Crippen LogP contribution < -0.4 is 21.0 Å². The number of rotatable bonds is 2. The van der Waals surface area contributed by atoms with Crippen molar-refractivity contribution in [1.82, 2.24) is 4.98 Å². The molecule has 0 saturated carbocycles. The Morgan fingerprint density at radius 3 is 2.82 bits per heavy atom. The van der Waals surface area contributed by atoms with Crippen LogP contribution in [-0.2, 0) is 0 Å². The highest BCUT2D eigenvalue weighted by Gasteiger charge is 2.17. The van der Waals surface area contributed by atoms with Crippen LogP contribution in [0.25, 0.3) is 16.6 Å². The zero-order valence-electron chi connectivity index (χ0n) is 11.8. The SMILES string of the molecule is Cc1ccc2[nH]c(=O)c(-[n+]3cccc(C(N)=O)c3)c([O-])c2c1. The number of carbonyl (C=O) groups excluding carboxylic acids is 1. The maximum Gasteiger partial charge on any atom is 0.320 e. The van der Waals surface area contributed by atoms with E-state index in [1.807, 2.05) is 13.0 Å². The van der Waals surface area contributed by atoms with Crippen molar-refractivity contribution in [2.45, 2.75) is 6.92 Å². The van der Waals surface area contributed by atoms with Crippen LogP contribution in [0.4, 0.5) is 0 Å². The molecule has 0 bridgehead atoms. The van der Waals surface area contributed by atoms with Crippen molar-refractivity contribution < 1.29 is 14.5 Å². The van der Waals surface area contributed by atoms with E-state index in [4.69, 9.17) is 5.73 Å². The number of hydrogen-bond acceptors (Lipinski definition) is 3. The number of primary amides is 1. The predicted octanol–water partition coefficient (Wildman–Crippen LogP) is 0.286. The zero-order chi connectivity index (χ0) is 15.9. The minimum absolute atomic E-state index is 0.0683. The highest BCUT2D eigenvalue weighted by molar-refractivity contribution is 5.92. The number of aromatic amines is 1. The van der Waals surface area contributed by atoms with Crippen LogP contribution in [0.5, 0.6) is 5.75 Å². The monoisotopic (exact) mass is 295 g/mol. The van der Waals surface area contributed by atoms with Crippen molar-refractivity contribution >= 4 is 16.8 Å². The molecule has 0 radical (unpaired) electrons. The highest BCUT2D eigenvalue weighted by Crippen LogP contribution is 2.23. The number of carbonyl (C=O) groups is 1. The third-order valence-electron chi connectivity index (χ3n) is 3.44. The van der Waals surface area contributed by atoms with Crippen LogP contribution in [0, 0.1) is 6.92 Å². The Labute approximate surface area is 125 Å². The van der Waals surface area contributed by atoms with Gasteiger partial charge in [-0.25, -0.2) is 0 Å². The molecule has 6 heteroatoms. The summed E-state index contributed by atoms with van der Waals surface area (Å²) in [7, 11) is 0. The van der Waals surface area contributed by atoms with Gasteiger partial charge in [-0.3, -0.25) is 9.59 Å². The van der Waals surface area contributed by atoms with Gasteiger partial charge in [-0.05, 0) is 30.2 Å². The fourth-order valence-corrected chi connectivity index (χ4v) is 2.36. The Kier molecular flexibility index (Phi) is 3.14. The van der Waals surface area contributed by atoms with Crippen LogP contribution in [0.2, 0.25) is 0 Å². The molecule has 0 spiro atoms. The first-order valence-corrected chi connectivity index (χ1v) is 6.62. The fraction of sp³-hybridized carbons (Fsp3) is 0.0625. The van der Waals surface area contributed by atoms with Gasteiger partial charge < -0.3 is 15.8 Å². The van der Waals surface area contributed by atoms with Gasteiger partial charge in [0.25, 0.3) is 11.6 Å². The van der Waals surface area contributed by atoms with E-state index in [1.54, 1.807) is 18.2 Å². The Morgan fingerprint density at radius 1 is 1.32 bits per heavy atom. The van der Waals surface area contributed by atoms with Crippen molar-refractivity contribution in [2.75, 3.05) is 0 Å². The maximum atomic E-state index is 12.6. The van der Waals surface area contributed by atoms with Crippen molar-refractivity contribution in [3.8, 4) is 11.4 Å². The Balaban J connectivity index is 2.33.